The molecule has 7 nitrogen and oxygen atoms in total. The first-order valence-electron chi connectivity index (χ1n) is 11.0. The van der Waals surface area contributed by atoms with Crippen LogP contribution in [0.25, 0.3) is 21.9 Å². The van der Waals surface area contributed by atoms with Crippen LogP contribution in [0.5, 0.6) is 0 Å². The lowest BCUT2D eigenvalue weighted by Crippen LogP contribution is -2.47. The fraction of sp³-hybridized carbons (Fsp3) is 0.280. The van der Waals surface area contributed by atoms with Gasteiger partial charge in [0, 0.05) is 48.2 Å². The number of likely N-dealkylation sites (N-methyl/N-ethyl adjacent to an activating group) is 1. The number of nitrogens with zero attached hydrogens (tertiary/aromatic N) is 3. The number of halogens is 2. The van der Waals surface area contributed by atoms with Crippen molar-refractivity contribution in [2.24, 2.45) is 0 Å². The highest BCUT2D eigenvalue weighted by atomic mass is 35.5. The minimum Gasteiger partial charge on any atom is -0.477 e. The van der Waals surface area contributed by atoms with Gasteiger partial charge in [-0.15, -0.1) is 0 Å². The number of aromatic carboxylic acids is 1. The van der Waals surface area contributed by atoms with Crippen LogP contribution in [-0.4, -0.2) is 47.2 Å². The Labute approximate surface area is 199 Å². The van der Waals surface area contributed by atoms with Crippen molar-refractivity contribution in [1.82, 2.24) is 9.47 Å². The van der Waals surface area contributed by atoms with Gasteiger partial charge in [-0.05, 0) is 50.4 Å². The van der Waals surface area contributed by atoms with E-state index in [2.05, 4.69) is 4.90 Å². The molecule has 9 heteroatoms. The van der Waals surface area contributed by atoms with Crippen molar-refractivity contribution < 1.29 is 18.7 Å². The predicted molar refractivity (Wildman–Crippen MR) is 130 cm³/mol. The molecule has 1 unspecified atom stereocenters. The van der Waals surface area contributed by atoms with Gasteiger partial charge in [0.25, 0.3) is 0 Å². The largest absolute Gasteiger partial charge is 0.477 e. The molecule has 1 N–H and O–H groups in total. The Morgan fingerprint density at radius 3 is 2.76 bits per heavy atom. The molecule has 3 heterocycles. The minimum absolute atomic E-state index is 0.0582. The predicted octanol–water partition coefficient (Wildman–Crippen LogP) is 4.75. The summed E-state index contributed by atoms with van der Waals surface area (Å²) in [7, 11) is 2.00. The Bertz CT molecular complexity index is 1500. The molecule has 0 aliphatic carbocycles. The molecule has 0 radical (unpaired) electrons. The van der Waals surface area contributed by atoms with Gasteiger partial charge in [-0.25, -0.2) is 9.18 Å². The molecule has 5 rings (SSSR count). The molecule has 1 fully saturated rings. The molecule has 1 atom stereocenters. The van der Waals surface area contributed by atoms with E-state index in [4.69, 9.17) is 16.0 Å². The van der Waals surface area contributed by atoms with Crippen LogP contribution in [-0.2, 0) is 6.54 Å². The topological polar surface area (TPSA) is 78.9 Å². The van der Waals surface area contributed by atoms with Gasteiger partial charge in [-0.2, -0.15) is 0 Å². The lowest BCUT2D eigenvalue weighted by molar-refractivity contribution is 0.0695. The summed E-state index contributed by atoms with van der Waals surface area (Å²) in [5.74, 6) is -1.12. The third kappa shape index (κ3) is 3.73. The van der Waals surface area contributed by atoms with Crippen molar-refractivity contribution in [3.05, 3.63) is 75.0 Å². The van der Waals surface area contributed by atoms with E-state index in [1.165, 1.54) is 6.20 Å². The standard InChI is InChI=1S/C25H23ClFN3O4/c1-3-29-12-17(25(32)33)24(31)16-10-18(27)20(11-19(16)29)30-7-6-28(2)21(13-30)23-9-14-8-15(26)4-5-22(14)34-23/h4-5,8-12,21H,3,6-7,13H2,1-2H3,(H,32,33). The average molecular weight is 484 g/mol. The summed E-state index contributed by atoms with van der Waals surface area (Å²) >= 11 is 6.11. The maximum atomic E-state index is 15.3. The number of carbonyl (C=O) groups is 1. The van der Waals surface area contributed by atoms with Crippen LogP contribution < -0.4 is 10.3 Å². The zero-order valence-corrected chi connectivity index (χ0v) is 19.5. The first-order chi connectivity index (χ1) is 16.3. The maximum absolute atomic E-state index is 15.3. The Morgan fingerprint density at radius 1 is 1.24 bits per heavy atom. The smallest absolute Gasteiger partial charge is 0.341 e. The van der Waals surface area contributed by atoms with Gasteiger partial charge in [0.05, 0.1) is 17.2 Å². The highest BCUT2D eigenvalue weighted by Crippen LogP contribution is 2.34. The SMILES string of the molecule is CCn1cc(C(=O)O)c(=O)c2cc(F)c(N3CCN(C)C(c4cc5cc(Cl)ccc5o4)C3)cc21. The first kappa shape index (κ1) is 22.4. The molecule has 2 aromatic carbocycles. The number of piperazine rings is 1. The summed E-state index contributed by atoms with van der Waals surface area (Å²) in [4.78, 5) is 28.2. The Hall–Kier alpha value is -3.36. The van der Waals surface area contributed by atoms with E-state index < -0.39 is 17.2 Å². The van der Waals surface area contributed by atoms with Crippen molar-refractivity contribution in [3.63, 3.8) is 0 Å². The van der Waals surface area contributed by atoms with Crippen LogP contribution in [0.3, 0.4) is 0 Å². The summed E-state index contributed by atoms with van der Waals surface area (Å²) in [6.45, 7) is 4.03. The molecule has 0 bridgehead atoms. The lowest BCUT2D eigenvalue weighted by Gasteiger charge is -2.39. The average Bonchev–Trinajstić information content (AvgIpc) is 3.22. The number of carboxylic acids is 1. The highest BCUT2D eigenvalue weighted by molar-refractivity contribution is 6.31. The van der Waals surface area contributed by atoms with Gasteiger partial charge in [0.15, 0.2) is 0 Å². The number of aryl methyl sites for hydroxylation is 1. The number of carboxylic acid groups (broad SMARTS) is 1. The van der Waals surface area contributed by atoms with Crippen LogP contribution in [0.1, 0.15) is 29.1 Å². The maximum Gasteiger partial charge on any atom is 0.341 e. The fourth-order valence-electron chi connectivity index (χ4n) is 4.65. The van der Waals surface area contributed by atoms with E-state index in [0.717, 1.165) is 22.8 Å². The van der Waals surface area contributed by atoms with Crippen molar-refractivity contribution >= 4 is 45.1 Å². The van der Waals surface area contributed by atoms with Crippen molar-refractivity contribution in [1.29, 1.82) is 0 Å². The highest BCUT2D eigenvalue weighted by Gasteiger charge is 2.30. The van der Waals surface area contributed by atoms with Gasteiger partial charge >= 0.3 is 5.97 Å². The second-order valence-corrected chi connectivity index (χ2v) is 8.99. The van der Waals surface area contributed by atoms with Crippen LogP contribution >= 0.6 is 11.6 Å². The molecule has 1 saturated heterocycles. The van der Waals surface area contributed by atoms with Gasteiger partial charge in [0.1, 0.15) is 22.7 Å². The molecule has 2 aromatic heterocycles. The van der Waals surface area contributed by atoms with Crippen molar-refractivity contribution in [3.8, 4) is 0 Å². The lowest BCUT2D eigenvalue weighted by atomic mass is 10.1. The number of hydrogen-bond acceptors (Lipinski definition) is 5. The summed E-state index contributed by atoms with van der Waals surface area (Å²) in [5, 5.41) is 11.0. The number of fused-ring (bicyclic) bond motifs is 2. The zero-order valence-electron chi connectivity index (χ0n) is 18.7. The summed E-state index contributed by atoms with van der Waals surface area (Å²) in [6, 6.07) is 10.1. The van der Waals surface area contributed by atoms with Gasteiger partial charge < -0.3 is 19.0 Å². The minimum atomic E-state index is -1.33. The molecule has 0 spiro atoms. The molecule has 34 heavy (non-hydrogen) atoms. The van der Waals surface area contributed by atoms with Gasteiger partial charge in [0.2, 0.25) is 5.43 Å². The van der Waals surface area contributed by atoms with Crippen molar-refractivity contribution in [2.75, 3.05) is 31.6 Å². The molecule has 1 aliphatic rings. The third-order valence-electron chi connectivity index (χ3n) is 6.53. The number of aromatic nitrogens is 1. The monoisotopic (exact) mass is 483 g/mol. The van der Waals surface area contributed by atoms with Crippen LogP contribution in [0, 0.1) is 5.82 Å². The van der Waals surface area contributed by atoms with E-state index >= 15 is 4.39 Å². The quantitative estimate of drug-likeness (QED) is 0.451. The molecular formula is C25H23ClFN3O4. The molecule has 176 valence electrons. The van der Waals surface area contributed by atoms with E-state index in [1.807, 2.05) is 37.1 Å². The molecular weight excluding hydrogens is 461 g/mol. The van der Waals surface area contributed by atoms with Gasteiger partial charge in [-0.1, -0.05) is 11.6 Å². The number of rotatable bonds is 4. The van der Waals surface area contributed by atoms with Crippen molar-refractivity contribution in [2.45, 2.75) is 19.5 Å². The van der Waals surface area contributed by atoms with E-state index in [1.54, 1.807) is 16.7 Å². The van der Waals surface area contributed by atoms with E-state index in [-0.39, 0.29) is 17.0 Å². The molecule has 4 aromatic rings. The van der Waals surface area contributed by atoms with E-state index in [9.17, 15) is 14.7 Å². The fourth-order valence-corrected chi connectivity index (χ4v) is 4.83. The Morgan fingerprint density at radius 2 is 2.03 bits per heavy atom. The summed E-state index contributed by atoms with van der Waals surface area (Å²) in [6.07, 6.45) is 1.32. The second-order valence-electron chi connectivity index (χ2n) is 8.56. The number of pyridine rings is 1. The number of benzene rings is 2. The summed E-state index contributed by atoms with van der Waals surface area (Å²) < 4.78 is 23.1. The number of anilines is 1. The second kappa shape index (κ2) is 8.45. The van der Waals surface area contributed by atoms with Crippen LogP contribution in [0.15, 0.2) is 51.8 Å². The van der Waals surface area contributed by atoms with Crippen LogP contribution in [0.2, 0.25) is 5.02 Å². The first-order valence-corrected chi connectivity index (χ1v) is 11.4. The van der Waals surface area contributed by atoms with Gasteiger partial charge in [-0.3, -0.25) is 9.69 Å². The Kier molecular flexibility index (Phi) is 5.58. The summed E-state index contributed by atoms with van der Waals surface area (Å²) in [5.41, 5.74) is 0.557. The zero-order chi connectivity index (χ0) is 24.1. The molecule has 0 amide bonds. The molecule has 0 saturated carbocycles. The normalized spacial score (nSPS) is 17.1. The number of furan rings is 1. The third-order valence-corrected chi connectivity index (χ3v) is 6.77. The van der Waals surface area contributed by atoms with E-state index in [0.29, 0.717) is 42.4 Å². The molecule has 1 aliphatic heterocycles. The Balaban J connectivity index is 1.56. The number of hydrogen-bond donors (Lipinski definition) is 1. The van der Waals surface area contributed by atoms with Crippen LogP contribution in [0.4, 0.5) is 10.1 Å².